The molecule has 19 heavy (non-hydrogen) atoms. The molecule has 0 saturated heterocycles. The molecule has 5 nitrogen and oxygen atoms in total. The average Bonchev–Trinajstić information content (AvgIpc) is 2.38. The van der Waals surface area contributed by atoms with E-state index in [4.69, 9.17) is 9.84 Å². The lowest BCUT2D eigenvalue weighted by Crippen LogP contribution is -2.16. The summed E-state index contributed by atoms with van der Waals surface area (Å²) in [4.78, 5) is -0.438. The van der Waals surface area contributed by atoms with Gasteiger partial charge in [0.1, 0.15) is 0 Å². The zero-order valence-electron chi connectivity index (χ0n) is 10.1. The molecule has 0 atom stereocenters. The van der Waals surface area contributed by atoms with Crippen LogP contribution in [0.2, 0.25) is 0 Å². The Kier molecular flexibility index (Phi) is 6.13. The zero-order valence-corrected chi connectivity index (χ0v) is 10.9. The highest BCUT2D eigenvalue weighted by atomic mass is 32.2. The van der Waals surface area contributed by atoms with E-state index in [0.29, 0.717) is 0 Å². The van der Waals surface area contributed by atoms with E-state index in [1.165, 1.54) is 12.1 Å². The average molecular weight is 295 g/mol. The summed E-state index contributed by atoms with van der Waals surface area (Å²) in [6.07, 6.45) is 0. The van der Waals surface area contributed by atoms with Gasteiger partial charge in [-0.3, -0.25) is 0 Å². The second-order valence-electron chi connectivity index (χ2n) is 3.56. The van der Waals surface area contributed by atoms with Crippen molar-refractivity contribution >= 4 is 15.5 Å². The highest BCUT2D eigenvalue weighted by Crippen LogP contribution is 2.25. The van der Waals surface area contributed by atoms with E-state index in [1.807, 2.05) is 0 Å². The van der Waals surface area contributed by atoms with Gasteiger partial charge in [0.2, 0.25) is 9.84 Å². The van der Waals surface area contributed by atoms with Crippen LogP contribution < -0.4 is 5.32 Å². The Bertz CT molecular complexity index is 493. The van der Waals surface area contributed by atoms with Gasteiger partial charge >= 0.3 is 5.76 Å². The fourth-order valence-corrected chi connectivity index (χ4v) is 2.29. The minimum atomic E-state index is -4.63. The maximum absolute atomic E-state index is 12.5. The summed E-state index contributed by atoms with van der Waals surface area (Å²) in [7, 11) is -4.63. The number of hydrogen-bond acceptors (Lipinski definition) is 5. The van der Waals surface area contributed by atoms with Crippen molar-refractivity contribution in [3.63, 3.8) is 0 Å². The van der Waals surface area contributed by atoms with Gasteiger partial charge < -0.3 is 15.2 Å². The Morgan fingerprint density at radius 1 is 1.26 bits per heavy atom. The first-order valence-electron chi connectivity index (χ1n) is 5.53. The molecule has 8 heteroatoms. The van der Waals surface area contributed by atoms with Crippen molar-refractivity contribution in [1.82, 2.24) is 0 Å². The number of alkyl halides is 2. The van der Waals surface area contributed by atoms with Gasteiger partial charge in [0.25, 0.3) is 0 Å². The number of nitrogens with one attached hydrogen (secondary N) is 1. The quantitative estimate of drug-likeness (QED) is 0.703. The predicted molar refractivity (Wildman–Crippen MR) is 66.0 cm³/mol. The molecular formula is C11H15F2NO4S. The molecule has 1 aromatic carbocycles. The topological polar surface area (TPSA) is 75.6 Å². The van der Waals surface area contributed by atoms with Gasteiger partial charge in [-0.25, -0.2) is 8.42 Å². The molecule has 1 aromatic rings. The van der Waals surface area contributed by atoms with Crippen LogP contribution in [0.5, 0.6) is 0 Å². The molecule has 0 radical (unpaired) electrons. The molecule has 0 fully saturated rings. The SMILES string of the molecule is O=S(=O)(c1ccccc1NCCOCCO)C(F)F. The molecule has 2 N–H and O–H groups in total. The molecule has 1 rings (SSSR count). The van der Waals surface area contributed by atoms with Crippen molar-refractivity contribution in [2.75, 3.05) is 31.7 Å². The molecule has 108 valence electrons. The van der Waals surface area contributed by atoms with Crippen LogP contribution in [0.15, 0.2) is 29.2 Å². The second-order valence-corrected chi connectivity index (χ2v) is 5.45. The lowest BCUT2D eigenvalue weighted by atomic mass is 10.3. The van der Waals surface area contributed by atoms with Gasteiger partial charge in [0, 0.05) is 6.54 Å². The van der Waals surface area contributed by atoms with Crippen LogP contribution in [0, 0.1) is 0 Å². The van der Waals surface area contributed by atoms with Crippen LogP contribution >= 0.6 is 0 Å². The monoisotopic (exact) mass is 295 g/mol. The lowest BCUT2D eigenvalue weighted by Gasteiger charge is -2.12. The minimum Gasteiger partial charge on any atom is -0.394 e. The number of para-hydroxylation sites is 1. The Morgan fingerprint density at radius 3 is 2.58 bits per heavy atom. The summed E-state index contributed by atoms with van der Waals surface area (Å²) >= 11 is 0. The highest BCUT2D eigenvalue weighted by molar-refractivity contribution is 7.91. The molecule has 0 unspecified atom stereocenters. The predicted octanol–water partition coefficient (Wildman–Crippen LogP) is 1.10. The number of aliphatic hydroxyl groups excluding tert-OH is 1. The van der Waals surface area contributed by atoms with Gasteiger partial charge in [0.15, 0.2) is 0 Å². The second kappa shape index (κ2) is 7.37. The first-order valence-corrected chi connectivity index (χ1v) is 7.08. The summed E-state index contributed by atoms with van der Waals surface area (Å²) in [6.45, 7) is 0.522. The standard InChI is InChI=1S/C11H15F2NO4S/c12-11(13)19(16,17)10-4-2-1-3-9(10)14-5-7-18-8-6-15/h1-4,11,14-15H,5-8H2. The zero-order chi connectivity index (χ0) is 14.3. The van der Waals surface area contributed by atoms with Crippen LogP contribution in [-0.2, 0) is 14.6 Å². The van der Waals surface area contributed by atoms with Gasteiger partial charge in [-0.15, -0.1) is 0 Å². The van der Waals surface area contributed by atoms with Crippen molar-refractivity contribution in [2.45, 2.75) is 10.7 Å². The first kappa shape index (κ1) is 15.8. The summed E-state index contributed by atoms with van der Waals surface area (Å²) in [5.74, 6) is -3.46. The van der Waals surface area contributed by atoms with E-state index in [2.05, 4.69) is 5.32 Å². The number of rotatable bonds is 8. The smallest absolute Gasteiger partial charge is 0.341 e. The molecule has 0 spiro atoms. The number of sulfone groups is 1. The Balaban J connectivity index is 2.74. The van der Waals surface area contributed by atoms with Crippen LogP contribution in [0.1, 0.15) is 0 Å². The van der Waals surface area contributed by atoms with E-state index in [-0.39, 0.29) is 32.1 Å². The third-order valence-electron chi connectivity index (χ3n) is 2.23. The Labute approximate surface area is 110 Å². The number of benzene rings is 1. The Morgan fingerprint density at radius 2 is 1.95 bits per heavy atom. The van der Waals surface area contributed by atoms with Crippen molar-refractivity contribution in [3.05, 3.63) is 24.3 Å². The fourth-order valence-electron chi connectivity index (χ4n) is 1.38. The number of ether oxygens (including phenoxy) is 1. The minimum absolute atomic E-state index is 0.107. The fraction of sp³-hybridized carbons (Fsp3) is 0.455. The molecule has 0 bridgehead atoms. The van der Waals surface area contributed by atoms with E-state index < -0.39 is 20.5 Å². The molecule has 0 aromatic heterocycles. The molecule has 0 aliphatic heterocycles. The highest BCUT2D eigenvalue weighted by Gasteiger charge is 2.28. The van der Waals surface area contributed by atoms with Crippen LogP contribution in [0.3, 0.4) is 0 Å². The number of hydrogen-bond donors (Lipinski definition) is 2. The lowest BCUT2D eigenvalue weighted by molar-refractivity contribution is 0.0992. The van der Waals surface area contributed by atoms with Crippen LogP contribution in [0.25, 0.3) is 0 Å². The molecule has 0 heterocycles. The van der Waals surface area contributed by atoms with E-state index >= 15 is 0 Å². The van der Waals surface area contributed by atoms with Crippen LogP contribution in [-0.4, -0.2) is 45.6 Å². The summed E-state index contributed by atoms with van der Waals surface area (Å²) < 4.78 is 52.8. The molecular weight excluding hydrogens is 280 g/mol. The van der Waals surface area contributed by atoms with Gasteiger partial charge in [-0.05, 0) is 12.1 Å². The normalized spacial score (nSPS) is 11.8. The third-order valence-corrected chi connectivity index (χ3v) is 3.66. The molecule has 0 saturated carbocycles. The maximum atomic E-state index is 12.5. The maximum Gasteiger partial charge on any atom is 0.341 e. The van der Waals surface area contributed by atoms with Crippen molar-refractivity contribution < 1.29 is 27.0 Å². The number of aliphatic hydroxyl groups is 1. The third kappa shape index (κ3) is 4.41. The Hall–Kier alpha value is -1.25. The molecule has 0 amide bonds. The first-order chi connectivity index (χ1) is 9.00. The van der Waals surface area contributed by atoms with Gasteiger partial charge in [-0.2, -0.15) is 8.78 Å². The van der Waals surface area contributed by atoms with Gasteiger partial charge in [-0.1, -0.05) is 12.1 Å². The summed E-state index contributed by atoms with van der Waals surface area (Å²) in [5.41, 5.74) is 0.107. The summed E-state index contributed by atoms with van der Waals surface area (Å²) in [5, 5.41) is 11.2. The van der Waals surface area contributed by atoms with E-state index in [0.717, 1.165) is 6.07 Å². The molecule has 0 aliphatic rings. The summed E-state index contributed by atoms with van der Waals surface area (Å²) in [6, 6.07) is 5.45. The van der Waals surface area contributed by atoms with Crippen LogP contribution in [0.4, 0.5) is 14.5 Å². The van der Waals surface area contributed by atoms with Crippen molar-refractivity contribution in [3.8, 4) is 0 Å². The van der Waals surface area contributed by atoms with Crippen molar-refractivity contribution in [2.24, 2.45) is 0 Å². The largest absolute Gasteiger partial charge is 0.394 e. The van der Waals surface area contributed by atoms with E-state index in [9.17, 15) is 17.2 Å². The molecule has 0 aliphatic carbocycles. The van der Waals surface area contributed by atoms with E-state index in [1.54, 1.807) is 6.07 Å². The number of halogens is 2. The number of anilines is 1. The van der Waals surface area contributed by atoms with Crippen molar-refractivity contribution in [1.29, 1.82) is 0 Å². The van der Waals surface area contributed by atoms with Gasteiger partial charge in [0.05, 0.1) is 30.4 Å².